The molecular formula is C9H15N3O. The first-order chi connectivity index (χ1) is 6.33. The normalized spacial score (nSPS) is 12.5. The molecule has 0 fully saturated rings. The predicted octanol–water partition coefficient (Wildman–Crippen LogP) is 1.31. The Hall–Kier alpha value is -1.16. The van der Waals surface area contributed by atoms with Gasteiger partial charge in [-0.05, 0) is 13.3 Å². The van der Waals surface area contributed by atoms with Gasteiger partial charge < -0.3 is 10.1 Å². The van der Waals surface area contributed by atoms with E-state index < -0.39 is 0 Å². The summed E-state index contributed by atoms with van der Waals surface area (Å²) in [6.07, 6.45) is 6.01. The molecule has 1 unspecified atom stereocenters. The van der Waals surface area contributed by atoms with Crippen molar-refractivity contribution in [1.82, 2.24) is 9.97 Å². The van der Waals surface area contributed by atoms with E-state index in [-0.39, 0.29) is 0 Å². The van der Waals surface area contributed by atoms with E-state index >= 15 is 0 Å². The second-order valence-electron chi connectivity index (χ2n) is 2.92. The summed E-state index contributed by atoms with van der Waals surface area (Å²) >= 11 is 0. The van der Waals surface area contributed by atoms with Crippen molar-refractivity contribution in [2.75, 3.05) is 19.0 Å². The first-order valence-electron chi connectivity index (χ1n) is 4.34. The number of aromatic nitrogens is 2. The number of nitrogens with one attached hydrogen (secondary N) is 1. The standard InChI is InChI=1S/C9H15N3O/c1-8(3-6-13-2)12-9-7-10-4-5-11-9/h4-5,7-8H,3,6H2,1-2H3,(H,11,12). The van der Waals surface area contributed by atoms with Gasteiger partial charge in [0.1, 0.15) is 5.82 Å². The maximum absolute atomic E-state index is 4.97. The van der Waals surface area contributed by atoms with Crippen molar-refractivity contribution in [3.8, 4) is 0 Å². The zero-order valence-electron chi connectivity index (χ0n) is 8.03. The fourth-order valence-electron chi connectivity index (χ4n) is 0.993. The van der Waals surface area contributed by atoms with Crippen LogP contribution in [0.2, 0.25) is 0 Å². The van der Waals surface area contributed by atoms with Gasteiger partial charge in [0.05, 0.1) is 6.20 Å². The van der Waals surface area contributed by atoms with Gasteiger partial charge in [-0.15, -0.1) is 0 Å². The summed E-state index contributed by atoms with van der Waals surface area (Å²) in [6, 6.07) is 0.358. The predicted molar refractivity (Wildman–Crippen MR) is 51.6 cm³/mol. The van der Waals surface area contributed by atoms with E-state index in [4.69, 9.17) is 4.74 Å². The highest BCUT2D eigenvalue weighted by Gasteiger charge is 2.01. The second-order valence-corrected chi connectivity index (χ2v) is 2.92. The average Bonchev–Trinajstić information content (AvgIpc) is 2.16. The van der Waals surface area contributed by atoms with Gasteiger partial charge in [0.2, 0.25) is 0 Å². The van der Waals surface area contributed by atoms with Crippen molar-refractivity contribution in [3.05, 3.63) is 18.6 Å². The summed E-state index contributed by atoms with van der Waals surface area (Å²) < 4.78 is 4.97. The molecule has 0 aliphatic carbocycles. The minimum atomic E-state index is 0.358. The number of ether oxygens (including phenoxy) is 1. The molecule has 0 saturated heterocycles. The first kappa shape index (κ1) is 9.92. The fourth-order valence-corrected chi connectivity index (χ4v) is 0.993. The van der Waals surface area contributed by atoms with Crippen LogP contribution < -0.4 is 5.32 Å². The van der Waals surface area contributed by atoms with E-state index in [1.807, 2.05) is 0 Å². The zero-order valence-corrected chi connectivity index (χ0v) is 8.03. The number of anilines is 1. The highest BCUT2D eigenvalue weighted by molar-refractivity contribution is 5.30. The monoisotopic (exact) mass is 181 g/mol. The number of rotatable bonds is 5. The topological polar surface area (TPSA) is 47.0 Å². The van der Waals surface area contributed by atoms with Crippen LogP contribution in [0.4, 0.5) is 5.82 Å². The van der Waals surface area contributed by atoms with Crippen LogP contribution in [0, 0.1) is 0 Å². The minimum absolute atomic E-state index is 0.358. The van der Waals surface area contributed by atoms with E-state index in [1.54, 1.807) is 25.7 Å². The van der Waals surface area contributed by atoms with E-state index in [9.17, 15) is 0 Å². The molecule has 0 bridgehead atoms. The molecule has 13 heavy (non-hydrogen) atoms. The SMILES string of the molecule is COCCC(C)Nc1cnccn1. The molecule has 0 saturated carbocycles. The van der Waals surface area contributed by atoms with Crippen molar-refractivity contribution in [1.29, 1.82) is 0 Å². The number of methoxy groups -OCH3 is 1. The fraction of sp³-hybridized carbons (Fsp3) is 0.556. The highest BCUT2D eigenvalue weighted by atomic mass is 16.5. The summed E-state index contributed by atoms with van der Waals surface area (Å²) in [5, 5.41) is 3.22. The molecule has 1 heterocycles. The molecule has 72 valence electrons. The van der Waals surface area contributed by atoms with E-state index in [1.165, 1.54) is 0 Å². The van der Waals surface area contributed by atoms with E-state index in [0.717, 1.165) is 18.8 Å². The van der Waals surface area contributed by atoms with Crippen molar-refractivity contribution in [3.63, 3.8) is 0 Å². The molecule has 1 rings (SSSR count). The van der Waals surface area contributed by atoms with Crippen LogP contribution in [0.1, 0.15) is 13.3 Å². The molecular weight excluding hydrogens is 166 g/mol. The van der Waals surface area contributed by atoms with Gasteiger partial charge in [0.25, 0.3) is 0 Å². The molecule has 0 radical (unpaired) electrons. The molecule has 4 nitrogen and oxygen atoms in total. The Kier molecular flexibility index (Phi) is 4.18. The third kappa shape index (κ3) is 3.85. The number of nitrogens with zero attached hydrogens (tertiary/aromatic N) is 2. The summed E-state index contributed by atoms with van der Waals surface area (Å²) in [7, 11) is 1.70. The molecule has 1 aromatic rings. The molecule has 1 aromatic heterocycles. The summed E-state index contributed by atoms with van der Waals surface area (Å²) in [4.78, 5) is 8.07. The number of hydrogen-bond donors (Lipinski definition) is 1. The van der Waals surface area contributed by atoms with Gasteiger partial charge >= 0.3 is 0 Å². The molecule has 4 heteroatoms. The Morgan fingerprint density at radius 1 is 1.54 bits per heavy atom. The molecule has 1 N–H and O–H groups in total. The van der Waals surface area contributed by atoms with Gasteiger partial charge in [-0.2, -0.15) is 0 Å². The molecule has 0 aliphatic heterocycles. The maximum atomic E-state index is 4.97. The van der Waals surface area contributed by atoms with Gasteiger partial charge in [0.15, 0.2) is 0 Å². The van der Waals surface area contributed by atoms with Gasteiger partial charge in [-0.3, -0.25) is 4.98 Å². The molecule has 0 spiro atoms. The lowest BCUT2D eigenvalue weighted by Gasteiger charge is -2.12. The lowest BCUT2D eigenvalue weighted by atomic mass is 10.2. The Bertz CT molecular complexity index is 228. The third-order valence-electron chi connectivity index (χ3n) is 1.71. The summed E-state index contributed by atoms with van der Waals surface area (Å²) in [6.45, 7) is 2.85. The molecule has 0 aliphatic rings. The molecule has 1 atom stereocenters. The van der Waals surface area contributed by atoms with Gasteiger partial charge in [-0.1, -0.05) is 0 Å². The lowest BCUT2D eigenvalue weighted by Crippen LogP contribution is -2.17. The van der Waals surface area contributed by atoms with Crippen molar-refractivity contribution >= 4 is 5.82 Å². The Morgan fingerprint density at radius 3 is 3.00 bits per heavy atom. The zero-order chi connectivity index (χ0) is 9.52. The molecule has 0 aromatic carbocycles. The number of hydrogen-bond acceptors (Lipinski definition) is 4. The van der Waals surface area contributed by atoms with Gasteiger partial charge in [0, 0.05) is 32.2 Å². The quantitative estimate of drug-likeness (QED) is 0.744. The van der Waals surface area contributed by atoms with Crippen LogP contribution in [-0.4, -0.2) is 29.7 Å². The van der Waals surface area contributed by atoms with Crippen LogP contribution in [0.25, 0.3) is 0 Å². The average molecular weight is 181 g/mol. The van der Waals surface area contributed by atoms with Crippen molar-refractivity contribution in [2.24, 2.45) is 0 Å². The van der Waals surface area contributed by atoms with Crippen LogP contribution in [0.5, 0.6) is 0 Å². The van der Waals surface area contributed by atoms with Crippen molar-refractivity contribution in [2.45, 2.75) is 19.4 Å². The van der Waals surface area contributed by atoms with Crippen LogP contribution in [-0.2, 0) is 4.74 Å². The van der Waals surface area contributed by atoms with Crippen LogP contribution in [0.3, 0.4) is 0 Å². The van der Waals surface area contributed by atoms with Crippen LogP contribution in [0.15, 0.2) is 18.6 Å². The maximum Gasteiger partial charge on any atom is 0.144 e. The minimum Gasteiger partial charge on any atom is -0.385 e. The Labute approximate surface area is 78.4 Å². The Morgan fingerprint density at radius 2 is 2.38 bits per heavy atom. The van der Waals surface area contributed by atoms with E-state index in [0.29, 0.717) is 6.04 Å². The van der Waals surface area contributed by atoms with E-state index in [2.05, 4.69) is 22.2 Å². The smallest absolute Gasteiger partial charge is 0.144 e. The highest BCUT2D eigenvalue weighted by Crippen LogP contribution is 2.02. The largest absolute Gasteiger partial charge is 0.385 e. The lowest BCUT2D eigenvalue weighted by molar-refractivity contribution is 0.191. The third-order valence-corrected chi connectivity index (χ3v) is 1.71. The first-order valence-corrected chi connectivity index (χ1v) is 4.34. The summed E-state index contributed by atoms with van der Waals surface area (Å²) in [5.74, 6) is 0.811. The van der Waals surface area contributed by atoms with Crippen molar-refractivity contribution < 1.29 is 4.74 Å². The van der Waals surface area contributed by atoms with Gasteiger partial charge in [-0.25, -0.2) is 4.98 Å². The Balaban J connectivity index is 2.32. The van der Waals surface area contributed by atoms with Crippen LogP contribution >= 0.6 is 0 Å². The second kappa shape index (κ2) is 5.48. The molecule has 0 amide bonds. The summed E-state index contributed by atoms with van der Waals surface area (Å²) in [5.41, 5.74) is 0.